The molecule has 1 saturated heterocycles. The van der Waals surface area contributed by atoms with Crippen LogP contribution < -0.4 is 0 Å². The van der Waals surface area contributed by atoms with Crippen LogP contribution in [0.4, 0.5) is 4.39 Å². The highest BCUT2D eigenvalue weighted by atomic mass is 31.2. The highest BCUT2D eigenvalue weighted by Gasteiger charge is 2.53. The Morgan fingerprint density at radius 3 is 2.29 bits per heavy atom. The molecule has 0 spiro atoms. The van der Waals surface area contributed by atoms with E-state index in [1.807, 2.05) is 0 Å². The Bertz CT molecular complexity index is 477. The summed E-state index contributed by atoms with van der Waals surface area (Å²) in [5.74, 6) is 0. The summed E-state index contributed by atoms with van der Waals surface area (Å²) in [4.78, 5) is 10.3. The van der Waals surface area contributed by atoms with Crippen molar-refractivity contribution < 1.29 is 33.3 Å². The molecular formula is C15H29BFO6P. The van der Waals surface area contributed by atoms with E-state index in [1.54, 1.807) is 27.7 Å². The van der Waals surface area contributed by atoms with Crippen LogP contribution in [0.3, 0.4) is 0 Å². The molecule has 1 rings (SSSR count). The van der Waals surface area contributed by atoms with E-state index in [4.69, 9.17) is 17.1 Å². The maximum Gasteiger partial charge on any atom is 0.359 e. The summed E-state index contributed by atoms with van der Waals surface area (Å²) >= 11 is 0. The largest absolute Gasteiger partial charge is 0.387 e. The minimum absolute atomic E-state index is 0.00436. The van der Waals surface area contributed by atoms with Crippen LogP contribution >= 0.6 is 7.60 Å². The van der Waals surface area contributed by atoms with E-state index in [-0.39, 0.29) is 32.2 Å². The van der Waals surface area contributed by atoms with Gasteiger partial charge in [0.1, 0.15) is 6.10 Å². The van der Waals surface area contributed by atoms with E-state index >= 15 is 0 Å². The second kappa shape index (κ2) is 7.72. The van der Waals surface area contributed by atoms with Gasteiger partial charge in [-0.1, -0.05) is 27.1 Å². The van der Waals surface area contributed by atoms with Crippen LogP contribution in [-0.2, 0) is 13.8 Å². The Labute approximate surface area is 144 Å². The number of halogens is 1. The monoisotopic (exact) mass is 366 g/mol. The summed E-state index contributed by atoms with van der Waals surface area (Å²) in [6.07, 6.45) is -2.29. The number of ether oxygens (including phenoxy) is 1. The number of aliphatic hydroxyl groups excluding tert-OH is 1. The minimum atomic E-state index is -4.37. The first kappa shape index (κ1) is 22.1. The van der Waals surface area contributed by atoms with E-state index < -0.39 is 36.4 Å². The van der Waals surface area contributed by atoms with E-state index in [9.17, 15) is 24.1 Å². The van der Waals surface area contributed by atoms with Crippen molar-refractivity contribution in [3.05, 3.63) is 0 Å². The lowest BCUT2D eigenvalue weighted by Gasteiger charge is -2.38. The third-order valence-electron chi connectivity index (χ3n) is 5.14. The lowest BCUT2D eigenvalue weighted by molar-refractivity contribution is -0.0450. The van der Waals surface area contributed by atoms with Gasteiger partial charge in [0.05, 0.1) is 26.2 Å². The number of aliphatic hydroxyl groups is 2. The molecule has 0 aromatic heterocycles. The fourth-order valence-electron chi connectivity index (χ4n) is 2.81. The molecule has 1 fully saturated rings. The quantitative estimate of drug-likeness (QED) is 0.428. The first-order valence-electron chi connectivity index (χ1n) is 8.37. The molecule has 3 unspecified atom stereocenters. The Morgan fingerprint density at radius 2 is 1.92 bits per heavy atom. The third kappa shape index (κ3) is 4.22. The molecule has 1 aliphatic rings. The van der Waals surface area contributed by atoms with Gasteiger partial charge in [0.25, 0.3) is 0 Å². The van der Waals surface area contributed by atoms with Gasteiger partial charge in [0, 0.05) is 6.42 Å². The maximum absolute atomic E-state index is 14.3. The summed E-state index contributed by atoms with van der Waals surface area (Å²) in [5.41, 5.74) is -3.20. The van der Waals surface area contributed by atoms with E-state index in [0.717, 1.165) is 0 Å². The average Bonchev–Trinajstić information content (AvgIpc) is 2.82. The summed E-state index contributed by atoms with van der Waals surface area (Å²) in [6, 6.07) is 0. The molecule has 5 atom stereocenters. The molecule has 0 saturated carbocycles. The van der Waals surface area contributed by atoms with Crippen LogP contribution in [-0.4, -0.2) is 58.4 Å². The Morgan fingerprint density at radius 1 is 1.38 bits per heavy atom. The van der Waals surface area contributed by atoms with E-state index in [0.29, 0.717) is 6.42 Å². The van der Waals surface area contributed by atoms with Crippen molar-refractivity contribution in [3.8, 4) is 0 Å². The van der Waals surface area contributed by atoms with E-state index in [1.165, 1.54) is 0 Å². The van der Waals surface area contributed by atoms with Gasteiger partial charge in [0.2, 0.25) is 0 Å². The number of hydrogen-bond donors (Lipinski definition) is 3. The van der Waals surface area contributed by atoms with Gasteiger partial charge in [-0.25, -0.2) is 4.39 Å². The van der Waals surface area contributed by atoms with Gasteiger partial charge >= 0.3 is 7.60 Å². The number of hydrogen-bond acceptors (Lipinski definition) is 5. The molecule has 6 nitrogen and oxygen atoms in total. The van der Waals surface area contributed by atoms with Gasteiger partial charge in [-0.05, 0) is 26.2 Å². The molecule has 1 aliphatic heterocycles. The average molecular weight is 366 g/mol. The van der Waals surface area contributed by atoms with Crippen LogP contribution in [0, 0.1) is 0 Å². The van der Waals surface area contributed by atoms with Crippen LogP contribution in [0.15, 0.2) is 0 Å². The van der Waals surface area contributed by atoms with Crippen molar-refractivity contribution in [3.63, 3.8) is 0 Å². The summed E-state index contributed by atoms with van der Waals surface area (Å²) in [5, 5.41) is 18.6. The van der Waals surface area contributed by atoms with Crippen LogP contribution in [0.25, 0.3) is 0 Å². The maximum atomic E-state index is 14.3. The topological polar surface area (TPSA) is 96.2 Å². The first-order valence-corrected chi connectivity index (χ1v) is 9.95. The zero-order chi connectivity index (χ0) is 18.8. The van der Waals surface area contributed by atoms with Gasteiger partial charge < -0.3 is 24.4 Å². The van der Waals surface area contributed by atoms with Crippen molar-refractivity contribution in [2.75, 3.05) is 6.61 Å². The Kier molecular flexibility index (Phi) is 7.10. The van der Waals surface area contributed by atoms with Crippen LogP contribution in [0.1, 0.15) is 53.4 Å². The van der Waals surface area contributed by atoms with E-state index in [2.05, 4.69) is 0 Å². The van der Waals surface area contributed by atoms with Gasteiger partial charge in [-0.2, -0.15) is 0 Å². The molecule has 0 aromatic rings. The fourth-order valence-corrected chi connectivity index (χ4v) is 4.58. The van der Waals surface area contributed by atoms with Crippen LogP contribution in [0.5, 0.6) is 0 Å². The number of rotatable bonds is 9. The van der Waals surface area contributed by atoms with Crippen molar-refractivity contribution in [2.45, 2.75) is 88.5 Å². The molecule has 0 bridgehead atoms. The molecular weight excluding hydrogens is 337 g/mol. The van der Waals surface area contributed by atoms with Crippen LogP contribution in [0.2, 0.25) is 6.32 Å². The Hall–Kier alpha value is 0.0249. The number of alkyl halides is 1. The summed E-state index contributed by atoms with van der Waals surface area (Å²) in [7, 11) is 0.980. The predicted molar refractivity (Wildman–Crippen MR) is 89.9 cm³/mol. The molecule has 24 heavy (non-hydrogen) atoms. The molecule has 140 valence electrons. The zero-order valence-corrected chi connectivity index (χ0v) is 15.8. The molecule has 2 radical (unpaired) electrons. The van der Waals surface area contributed by atoms with Crippen molar-refractivity contribution >= 4 is 15.4 Å². The molecule has 3 N–H and O–H groups in total. The Balaban J connectivity index is 2.93. The van der Waals surface area contributed by atoms with Crippen molar-refractivity contribution in [1.29, 1.82) is 0 Å². The van der Waals surface area contributed by atoms with Gasteiger partial charge in [-0.15, -0.1) is 0 Å². The lowest BCUT2D eigenvalue weighted by atomic mass is 9.82. The first-order chi connectivity index (χ1) is 10.9. The second-order valence-corrected chi connectivity index (χ2v) is 8.90. The van der Waals surface area contributed by atoms with Gasteiger partial charge in [-0.3, -0.25) is 4.57 Å². The zero-order valence-electron chi connectivity index (χ0n) is 14.9. The molecule has 0 aromatic carbocycles. The van der Waals surface area contributed by atoms with Crippen molar-refractivity contribution in [2.24, 2.45) is 0 Å². The standard InChI is InChI=1S/C15H29BFO6P/c1-5-13(4,23-24(20,21)15(19,6-2)7-3)8-11-12(18)14(17,9-16)10-22-11/h11-12,18-19H,5-10H2,1-4H3,(H,20,21)/t11?,12-,13?,14-/m1/s1. The summed E-state index contributed by atoms with van der Waals surface area (Å²) in [6.45, 7) is 6.19. The molecule has 9 heteroatoms. The minimum Gasteiger partial charge on any atom is -0.387 e. The second-order valence-electron chi connectivity index (χ2n) is 6.84. The smallest absolute Gasteiger partial charge is 0.359 e. The van der Waals surface area contributed by atoms with Crippen molar-refractivity contribution in [1.82, 2.24) is 0 Å². The third-order valence-corrected chi connectivity index (χ3v) is 7.52. The fraction of sp³-hybridized carbons (Fsp3) is 1.00. The predicted octanol–water partition coefficient (Wildman–Crippen LogP) is 2.31. The normalized spacial score (nSPS) is 33.2. The SMILES string of the molecule is [B]C[C@@]1(F)COC(CC(C)(CC)OP(=O)(O)C(O)(CC)CC)[C@H]1O. The lowest BCUT2D eigenvalue weighted by Crippen LogP contribution is -2.43. The highest BCUT2D eigenvalue weighted by Crippen LogP contribution is 2.60. The molecule has 1 heterocycles. The highest BCUT2D eigenvalue weighted by molar-refractivity contribution is 7.54. The summed E-state index contributed by atoms with van der Waals surface area (Å²) < 4.78 is 37.7. The molecule has 0 aliphatic carbocycles. The van der Waals surface area contributed by atoms with Gasteiger partial charge in [0.15, 0.2) is 11.0 Å². The molecule has 0 amide bonds.